The summed E-state index contributed by atoms with van der Waals surface area (Å²) < 4.78 is 75.5. The van der Waals surface area contributed by atoms with E-state index in [0.29, 0.717) is 12.1 Å². The molecule has 21 heavy (non-hydrogen) atoms. The predicted molar refractivity (Wildman–Crippen MR) is 60.7 cm³/mol. The van der Waals surface area contributed by atoms with Crippen LogP contribution in [0.25, 0.3) is 0 Å². The third-order valence-electron chi connectivity index (χ3n) is 2.66. The molecule has 0 saturated heterocycles. The van der Waals surface area contributed by atoms with Crippen LogP contribution in [0, 0.1) is 0 Å². The van der Waals surface area contributed by atoms with Crippen LogP contribution in [0.2, 0.25) is 0 Å². The summed E-state index contributed by atoms with van der Waals surface area (Å²) in [4.78, 5) is 22.7. The van der Waals surface area contributed by atoms with Gasteiger partial charge in [-0.05, 0) is 18.2 Å². The molecule has 0 spiro atoms. The maximum atomic E-state index is 12.6. The van der Waals surface area contributed by atoms with Gasteiger partial charge in [0, 0.05) is 12.0 Å². The molecule has 1 aromatic rings. The van der Waals surface area contributed by atoms with E-state index in [1.807, 2.05) is 0 Å². The fourth-order valence-corrected chi connectivity index (χ4v) is 1.52. The number of hydrogen-bond acceptors (Lipinski definition) is 2. The summed E-state index contributed by atoms with van der Waals surface area (Å²) in [5.41, 5.74) is -3.94. The number of rotatable bonds is 4. The average molecular weight is 312 g/mol. The Morgan fingerprint density at radius 1 is 0.905 bits per heavy atom. The molecule has 0 aliphatic rings. The molecule has 0 unspecified atom stereocenters. The van der Waals surface area contributed by atoms with Gasteiger partial charge in [-0.15, -0.1) is 0 Å². The quantitative estimate of drug-likeness (QED) is 0.472. The van der Waals surface area contributed by atoms with Crippen LogP contribution in [0.4, 0.5) is 26.3 Å². The molecule has 0 fully saturated rings. The highest BCUT2D eigenvalue weighted by Gasteiger charge is 2.37. The molecule has 2 nitrogen and oxygen atoms in total. The number of Topliss-reactive ketones (excluding diaryl/α,β-unsaturated/α-hetero) is 2. The number of carbonyl (C=O) groups excluding carboxylic acids is 2. The topological polar surface area (TPSA) is 34.1 Å². The van der Waals surface area contributed by atoms with Gasteiger partial charge < -0.3 is 0 Å². The van der Waals surface area contributed by atoms with Crippen molar-refractivity contribution in [1.82, 2.24) is 0 Å². The minimum atomic E-state index is -5.02. The zero-order valence-electron chi connectivity index (χ0n) is 10.7. The van der Waals surface area contributed by atoms with Crippen LogP contribution in [0.1, 0.15) is 41.3 Å². The van der Waals surface area contributed by atoms with Gasteiger partial charge in [0.1, 0.15) is 5.78 Å². The van der Waals surface area contributed by atoms with Gasteiger partial charge in [0.2, 0.25) is 0 Å². The number of hydrogen-bond donors (Lipinski definition) is 0. The smallest absolute Gasteiger partial charge is 0.299 e. The van der Waals surface area contributed by atoms with Crippen molar-refractivity contribution in [3.8, 4) is 0 Å². The summed E-state index contributed by atoms with van der Waals surface area (Å²) in [6.45, 7) is 1.43. The first-order chi connectivity index (χ1) is 9.45. The summed E-state index contributed by atoms with van der Waals surface area (Å²) in [7, 11) is 0. The Morgan fingerprint density at radius 2 is 1.33 bits per heavy atom. The van der Waals surface area contributed by atoms with Crippen molar-refractivity contribution in [3.05, 3.63) is 34.9 Å². The van der Waals surface area contributed by atoms with Gasteiger partial charge in [-0.2, -0.15) is 26.3 Å². The molecule has 1 aromatic carbocycles. The SMILES string of the molecule is CCC(=O)CC(=O)c1cc(C(F)(F)F)cc(C(F)(F)F)c1. The number of halogens is 6. The van der Waals surface area contributed by atoms with Crippen LogP contribution >= 0.6 is 0 Å². The van der Waals surface area contributed by atoms with Gasteiger partial charge >= 0.3 is 12.4 Å². The van der Waals surface area contributed by atoms with Gasteiger partial charge in [-0.25, -0.2) is 0 Å². The van der Waals surface area contributed by atoms with Gasteiger partial charge in [-0.1, -0.05) is 6.92 Å². The minimum absolute atomic E-state index is 0.0309. The molecular weight excluding hydrogens is 302 g/mol. The van der Waals surface area contributed by atoms with E-state index in [2.05, 4.69) is 0 Å². The first-order valence-corrected chi connectivity index (χ1v) is 5.79. The van der Waals surface area contributed by atoms with Crippen molar-refractivity contribution >= 4 is 11.6 Å². The van der Waals surface area contributed by atoms with Crippen LogP contribution in [-0.2, 0) is 17.1 Å². The number of carbonyl (C=O) groups is 2. The van der Waals surface area contributed by atoms with Crippen molar-refractivity contribution in [2.45, 2.75) is 32.1 Å². The van der Waals surface area contributed by atoms with E-state index in [1.54, 1.807) is 0 Å². The lowest BCUT2D eigenvalue weighted by molar-refractivity contribution is -0.143. The standard InChI is InChI=1S/C13H10F6O2/c1-2-10(20)6-11(21)7-3-8(12(14,15)16)5-9(4-7)13(17,18)19/h3-5H,2,6H2,1H3. The minimum Gasteiger partial charge on any atom is -0.299 e. The predicted octanol–water partition coefficient (Wildman–Crippen LogP) is 4.28. The third kappa shape index (κ3) is 4.57. The summed E-state index contributed by atoms with van der Waals surface area (Å²) in [5.74, 6) is -1.63. The van der Waals surface area contributed by atoms with E-state index in [4.69, 9.17) is 0 Å². The number of ketones is 2. The zero-order chi connectivity index (χ0) is 16.4. The monoisotopic (exact) mass is 312 g/mol. The molecule has 8 heteroatoms. The summed E-state index contributed by atoms with van der Waals surface area (Å²) in [5, 5.41) is 0. The highest BCUT2D eigenvalue weighted by atomic mass is 19.4. The van der Waals surface area contributed by atoms with Gasteiger partial charge in [-0.3, -0.25) is 9.59 Å². The highest BCUT2D eigenvalue weighted by molar-refractivity contribution is 6.08. The Bertz CT molecular complexity index is 525. The van der Waals surface area contributed by atoms with E-state index in [9.17, 15) is 35.9 Å². The Balaban J connectivity index is 3.32. The Morgan fingerprint density at radius 3 is 1.67 bits per heavy atom. The van der Waals surface area contributed by atoms with Crippen LogP contribution < -0.4 is 0 Å². The van der Waals surface area contributed by atoms with Crippen molar-refractivity contribution < 1.29 is 35.9 Å². The van der Waals surface area contributed by atoms with Crippen LogP contribution in [0.15, 0.2) is 18.2 Å². The molecule has 0 saturated carbocycles. The van der Waals surface area contributed by atoms with E-state index in [1.165, 1.54) is 6.92 Å². The lowest BCUT2D eigenvalue weighted by Crippen LogP contribution is -2.14. The average Bonchev–Trinajstić information content (AvgIpc) is 2.35. The molecule has 0 aromatic heterocycles. The largest absolute Gasteiger partial charge is 0.416 e. The fourth-order valence-electron chi connectivity index (χ4n) is 1.52. The van der Waals surface area contributed by atoms with Crippen molar-refractivity contribution in [3.63, 3.8) is 0 Å². The van der Waals surface area contributed by atoms with Crippen LogP contribution in [0.3, 0.4) is 0 Å². The van der Waals surface area contributed by atoms with E-state index < -0.39 is 47.0 Å². The number of benzene rings is 1. The third-order valence-corrected chi connectivity index (χ3v) is 2.66. The lowest BCUT2D eigenvalue weighted by Gasteiger charge is -2.13. The van der Waals surface area contributed by atoms with E-state index in [0.717, 1.165) is 0 Å². The molecule has 0 bridgehead atoms. The molecule has 0 atom stereocenters. The summed E-state index contributed by atoms with van der Waals surface area (Å²) in [6.07, 6.45) is -10.8. The van der Waals surface area contributed by atoms with Crippen molar-refractivity contribution in [2.75, 3.05) is 0 Å². The molecule has 0 heterocycles. The van der Waals surface area contributed by atoms with E-state index in [-0.39, 0.29) is 12.5 Å². The second-order valence-corrected chi connectivity index (χ2v) is 4.29. The maximum absolute atomic E-state index is 12.6. The first-order valence-electron chi connectivity index (χ1n) is 5.79. The molecule has 0 aliphatic carbocycles. The van der Waals surface area contributed by atoms with Gasteiger partial charge in [0.25, 0.3) is 0 Å². The second-order valence-electron chi connectivity index (χ2n) is 4.29. The normalized spacial score (nSPS) is 12.3. The molecule has 0 radical (unpaired) electrons. The van der Waals surface area contributed by atoms with Crippen molar-refractivity contribution in [2.24, 2.45) is 0 Å². The Hall–Kier alpha value is -1.86. The molecule has 0 N–H and O–H groups in total. The molecule has 1 rings (SSSR count). The molecule has 116 valence electrons. The highest BCUT2D eigenvalue weighted by Crippen LogP contribution is 2.36. The second kappa shape index (κ2) is 5.87. The zero-order valence-corrected chi connectivity index (χ0v) is 10.7. The Kier molecular flexibility index (Phi) is 4.80. The maximum Gasteiger partial charge on any atom is 0.416 e. The van der Waals surface area contributed by atoms with E-state index >= 15 is 0 Å². The first kappa shape index (κ1) is 17.2. The number of alkyl halides is 6. The van der Waals surface area contributed by atoms with Crippen molar-refractivity contribution in [1.29, 1.82) is 0 Å². The summed E-state index contributed by atoms with van der Waals surface area (Å²) in [6, 6.07) is 0.569. The Labute approximate surface area is 115 Å². The van der Waals surface area contributed by atoms with Crippen LogP contribution in [0.5, 0.6) is 0 Å². The van der Waals surface area contributed by atoms with Gasteiger partial charge in [0.15, 0.2) is 5.78 Å². The lowest BCUT2D eigenvalue weighted by atomic mass is 9.99. The molecule has 0 amide bonds. The van der Waals surface area contributed by atoms with Gasteiger partial charge in [0.05, 0.1) is 17.5 Å². The molecule has 0 aliphatic heterocycles. The van der Waals surface area contributed by atoms with Crippen LogP contribution in [-0.4, -0.2) is 11.6 Å². The fraction of sp³-hybridized carbons (Fsp3) is 0.385. The summed E-state index contributed by atoms with van der Waals surface area (Å²) >= 11 is 0. The molecular formula is C13H10F6O2.